The van der Waals surface area contributed by atoms with Gasteiger partial charge in [-0.1, -0.05) is 6.92 Å². The molecule has 1 fully saturated rings. The van der Waals surface area contributed by atoms with E-state index in [0.29, 0.717) is 18.6 Å². The second-order valence-corrected chi connectivity index (χ2v) is 4.88. The highest BCUT2D eigenvalue weighted by Gasteiger charge is 2.21. The summed E-state index contributed by atoms with van der Waals surface area (Å²) >= 11 is 0. The van der Waals surface area contributed by atoms with E-state index in [0.717, 1.165) is 19.6 Å². The Kier molecular flexibility index (Phi) is 5.58. The molecule has 2 unspecified atom stereocenters. The van der Waals surface area contributed by atoms with Gasteiger partial charge in [-0.15, -0.1) is 0 Å². The molecule has 15 heavy (non-hydrogen) atoms. The number of aliphatic hydroxyl groups is 1. The van der Waals surface area contributed by atoms with Crippen molar-refractivity contribution >= 4 is 0 Å². The largest absolute Gasteiger partial charge is 0.396 e. The molecule has 1 N–H and O–H groups in total. The number of likely N-dealkylation sites (tertiary alicyclic amines) is 1. The molecule has 0 bridgehead atoms. The van der Waals surface area contributed by atoms with Crippen LogP contribution in [-0.4, -0.2) is 60.8 Å². The maximum atomic E-state index is 9.05. The Morgan fingerprint density at radius 2 is 2.27 bits per heavy atom. The van der Waals surface area contributed by atoms with E-state index in [1.807, 2.05) is 0 Å². The van der Waals surface area contributed by atoms with Crippen LogP contribution in [0.2, 0.25) is 0 Å². The fraction of sp³-hybridized carbons (Fsp3) is 1.00. The number of likely N-dealkylation sites (N-methyl/N-ethyl adjacent to an activating group) is 1. The zero-order valence-corrected chi connectivity index (χ0v) is 10.4. The Balaban J connectivity index is 2.15. The third kappa shape index (κ3) is 4.09. The van der Waals surface area contributed by atoms with E-state index in [1.165, 1.54) is 19.4 Å². The van der Waals surface area contributed by atoms with Crippen molar-refractivity contribution in [1.29, 1.82) is 0 Å². The minimum Gasteiger partial charge on any atom is -0.396 e. The summed E-state index contributed by atoms with van der Waals surface area (Å²) in [6, 6.07) is 0.682. The molecule has 0 radical (unpaired) electrons. The summed E-state index contributed by atoms with van der Waals surface area (Å²) in [7, 11) is 2.20. The molecule has 1 rings (SSSR count). The van der Waals surface area contributed by atoms with Gasteiger partial charge in [-0.25, -0.2) is 0 Å². The first-order valence-electron chi connectivity index (χ1n) is 6.20. The van der Waals surface area contributed by atoms with E-state index in [-0.39, 0.29) is 0 Å². The van der Waals surface area contributed by atoms with Crippen LogP contribution >= 0.6 is 0 Å². The second-order valence-electron chi connectivity index (χ2n) is 4.88. The van der Waals surface area contributed by atoms with Crippen molar-refractivity contribution < 1.29 is 5.11 Å². The lowest BCUT2D eigenvalue weighted by molar-refractivity contribution is 0.195. The molecule has 0 spiro atoms. The Morgan fingerprint density at radius 3 is 2.80 bits per heavy atom. The Hall–Kier alpha value is -0.120. The van der Waals surface area contributed by atoms with Crippen molar-refractivity contribution in [2.75, 3.05) is 39.8 Å². The van der Waals surface area contributed by atoms with Crippen LogP contribution in [0.15, 0.2) is 0 Å². The van der Waals surface area contributed by atoms with E-state index in [2.05, 4.69) is 30.7 Å². The molecule has 3 nitrogen and oxygen atoms in total. The van der Waals surface area contributed by atoms with E-state index in [1.54, 1.807) is 0 Å². The zero-order valence-electron chi connectivity index (χ0n) is 10.4. The van der Waals surface area contributed by atoms with Crippen molar-refractivity contribution in [2.24, 2.45) is 5.92 Å². The molecule has 3 heteroatoms. The van der Waals surface area contributed by atoms with Crippen LogP contribution in [0.1, 0.15) is 26.7 Å². The Morgan fingerprint density at radius 1 is 1.53 bits per heavy atom. The zero-order chi connectivity index (χ0) is 11.3. The van der Waals surface area contributed by atoms with Crippen molar-refractivity contribution in [2.45, 2.75) is 32.7 Å². The second kappa shape index (κ2) is 6.46. The summed E-state index contributed by atoms with van der Waals surface area (Å²) in [6.45, 7) is 9.42. The van der Waals surface area contributed by atoms with Crippen LogP contribution in [0.3, 0.4) is 0 Å². The summed E-state index contributed by atoms with van der Waals surface area (Å²) in [6.07, 6.45) is 2.39. The third-order valence-electron chi connectivity index (χ3n) is 3.74. The van der Waals surface area contributed by atoms with E-state index >= 15 is 0 Å². The molecule has 90 valence electrons. The topological polar surface area (TPSA) is 26.7 Å². The van der Waals surface area contributed by atoms with Crippen LogP contribution in [0, 0.1) is 5.92 Å². The van der Waals surface area contributed by atoms with Gasteiger partial charge in [0.25, 0.3) is 0 Å². The third-order valence-corrected chi connectivity index (χ3v) is 3.74. The molecular formula is C12H26N2O. The summed E-state index contributed by atoms with van der Waals surface area (Å²) in [5.41, 5.74) is 0. The maximum Gasteiger partial charge on any atom is 0.0471 e. The van der Waals surface area contributed by atoms with Gasteiger partial charge in [0.05, 0.1) is 0 Å². The lowest BCUT2D eigenvalue weighted by Crippen LogP contribution is -2.36. The average molecular weight is 214 g/mol. The predicted octanol–water partition coefficient (Wildman–Crippen LogP) is 1.03. The van der Waals surface area contributed by atoms with Crippen molar-refractivity contribution in [1.82, 2.24) is 9.80 Å². The molecule has 0 amide bonds. The molecule has 0 aromatic heterocycles. The van der Waals surface area contributed by atoms with Crippen LogP contribution in [0.25, 0.3) is 0 Å². The Bertz CT molecular complexity index is 175. The maximum absolute atomic E-state index is 9.05. The van der Waals surface area contributed by atoms with E-state index in [4.69, 9.17) is 5.11 Å². The number of nitrogens with zero attached hydrogens (tertiary/aromatic N) is 2. The molecule has 1 heterocycles. The number of rotatable bonds is 6. The van der Waals surface area contributed by atoms with Gasteiger partial charge in [-0.3, -0.25) is 0 Å². The first-order chi connectivity index (χ1) is 7.17. The highest BCUT2D eigenvalue weighted by molar-refractivity contribution is 4.75. The summed E-state index contributed by atoms with van der Waals surface area (Å²) in [4.78, 5) is 4.89. The van der Waals surface area contributed by atoms with Crippen LogP contribution < -0.4 is 0 Å². The Labute approximate surface area is 94.1 Å². The molecule has 0 aliphatic carbocycles. The lowest BCUT2D eigenvalue weighted by atomic mass is 10.1. The van der Waals surface area contributed by atoms with Gasteiger partial charge in [0.2, 0.25) is 0 Å². The van der Waals surface area contributed by atoms with Gasteiger partial charge in [0.1, 0.15) is 0 Å². The van der Waals surface area contributed by atoms with E-state index < -0.39 is 0 Å². The van der Waals surface area contributed by atoms with Gasteiger partial charge in [-0.05, 0) is 39.3 Å². The van der Waals surface area contributed by atoms with Crippen LogP contribution in [-0.2, 0) is 0 Å². The van der Waals surface area contributed by atoms with Gasteiger partial charge in [0.15, 0.2) is 0 Å². The van der Waals surface area contributed by atoms with Gasteiger partial charge >= 0.3 is 0 Å². The molecule has 0 aromatic rings. The van der Waals surface area contributed by atoms with Gasteiger partial charge < -0.3 is 14.9 Å². The number of hydrogen-bond donors (Lipinski definition) is 1. The fourth-order valence-corrected chi connectivity index (χ4v) is 2.10. The van der Waals surface area contributed by atoms with E-state index in [9.17, 15) is 0 Å². The summed E-state index contributed by atoms with van der Waals surface area (Å²) in [5.74, 6) is 0.527. The van der Waals surface area contributed by atoms with Gasteiger partial charge in [0, 0.05) is 32.3 Å². The highest BCUT2D eigenvalue weighted by atomic mass is 16.3. The van der Waals surface area contributed by atoms with Crippen LogP contribution in [0.5, 0.6) is 0 Å². The van der Waals surface area contributed by atoms with Crippen molar-refractivity contribution in [3.8, 4) is 0 Å². The molecular weight excluding hydrogens is 188 g/mol. The monoisotopic (exact) mass is 214 g/mol. The lowest BCUT2D eigenvalue weighted by Gasteiger charge is -2.26. The molecule has 1 saturated heterocycles. The normalized spacial score (nSPS) is 25.0. The predicted molar refractivity (Wildman–Crippen MR) is 64.0 cm³/mol. The first kappa shape index (κ1) is 12.9. The summed E-state index contributed by atoms with van der Waals surface area (Å²) < 4.78 is 0. The summed E-state index contributed by atoms with van der Waals surface area (Å²) in [5, 5.41) is 9.05. The van der Waals surface area contributed by atoms with Gasteiger partial charge in [-0.2, -0.15) is 0 Å². The molecule has 0 saturated carbocycles. The molecule has 0 aromatic carbocycles. The molecule has 2 atom stereocenters. The number of hydrogen-bond acceptors (Lipinski definition) is 3. The smallest absolute Gasteiger partial charge is 0.0471 e. The quantitative estimate of drug-likeness (QED) is 0.715. The SMILES string of the molecule is CCC(C)N(C)CCN1CCC(CO)C1. The fourth-order valence-electron chi connectivity index (χ4n) is 2.10. The van der Waals surface area contributed by atoms with Crippen LogP contribution in [0.4, 0.5) is 0 Å². The first-order valence-corrected chi connectivity index (χ1v) is 6.20. The molecule has 1 aliphatic rings. The standard InChI is InChI=1S/C12H26N2O/c1-4-11(2)13(3)7-8-14-6-5-12(9-14)10-15/h11-12,15H,4-10H2,1-3H3. The average Bonchev–Trinajstić information content (AvgIpc) is 2.72. The number of aliphatic hydroxyl groups excluding tert-OH is 1. The molecule has 1 aliphatic heterocycles. The minimum atomic E-state index is 0.359. The minimum absolute atomic E-state index is 0.359. The highest BCUT2D eigenvalue weighted by Crippen LogP contribution is 2.14. The van der Waals surface area contributed by atoms with Crippen molar-refractivity contribution in [3.05, 3.63) is 0 Å². The van der Waals surface area contributed by atoms with Crippen molar-refractivity contribution in [3.63, 3.8) is 0 Å².